The Balaban J connectivity index is 3.05. The Hall–Kier alpha value is -0.580. The molecule has 0 fully saturated rings. The van der Waals surface area contributed by atoms with Gasteiger partial charge in [0.15, 0.2) is 0 Å². The minimum Gasteiger partial charge on any atom is -0.481 e. The number of aliphatic carboxylic acids is 1. The second kappa shape index (κ2) is 9.96. The number of carbonyl (C=O) groups is 2. The molecule has 1 amide bonds. The number of halogens is 1. The van der Waals surface area contributed by atoms with Crippen LogP contribution in [0.4, 0.5) is 0 Å². The number of hydrogen-bond acceptors (Lipinski definition) is 2. The fourth-order valence-corrected chi connectivity index (χ4v) is 1.40. The number of hydrogen-bond donors (Lipinski definition) is 2. The monoisotopic (exact) mass is 279 g/mol. The number of carboxylic acids is 1. The van der Waals surface area contributed by atoms with Gasteiger partial charge in [0.2, 0.25) is 5.91 Å². The van der Waals surface area contributed by atoms with E-state index in [9.17, 15) is 9.59 Å². The maximum Gasteiger partial charge on any atom is 0.303 e. The SMILES string of the molecule is O=C(O)CCCCCCCNC(=O)CBr. The maximum absolute atomic E-state index is 10.8. The van der Waals surface area contributed by atoms with Gasteiger partial charge < -0.3 is 10.4 Å². The predicted molar refractivity (Wildman–Crippen MR) is 62.1 cm³/mol. The van der Waals surface area contributed by atoms with Gasteiger partial charge in [0.25, 0.3) is 0 Å². The van der Waals surface area contributed by atoms with Crippen LogP contribution in [-0.4, -0.2) is 28.9 Å². The van der Waals surface area contributed by atoms with Gasteiger partial charge in [0, 0.05) is 13.0 Å². The van der Waals surface area contributed by atoms with E-state index in [1.165, 1.54) is 0 Å². The number of alkyl halides is 1. The molecule has 0 unspecified atom stereocenters. The van der Waals surface area contributed by atoms with Gasteiger partial charge in [-0.15, -0.1) is 0 Å². The largest absolute Gasteiger partial charge is 0.481 e. The zero-order valence-electron chi connectivity index (χ0n) is 8.80. The molecule has 0 radical (unpaired) electrons. The summed E-state index contributed by atoms with van der Waals surface area (Å²) in [5.74, 6) is -0.708. The Morgan fingerprint density at radius 2 is 1.67 bits per heavy atom. The molecule has 2 N–H and O–H groups in total. The molecule has 15 heavy (non-hydrogen) atoms. The van der Waals surface area contributed by atoms with Crippen LogP contribution in [0.3, 0.4) is 0 Å². The van der Waals surface area contributed by atoms with Crippen molar-refractivity contribution < 1.29 is 14.7 Å². The first-order chi connectivity index (χ1) is 7.16. The third kappa shape index (κ3) is 11.3. The maximum atomic E-state index is 10.8. The Labute approximate surface area is 98.6 Å². The smallest absolute Gasteiger partial charge is 0.303 e. The van der Waals surface area contributed by atoms with Crippen LogP contribution in [0.15, 0.2) is 0 Å². The van der Waals surface area contributed by atoms with Crippen molar-refractivity contribution in [3.05, 3.63) is 0 Å². The summed E-state index contributed by atoms with van der Waals surface area (Å²) in [4.78, 5) is 21.0. The fourth-order valence-electron chi connectivity index (χ4n) is 1.21. The quantitative estimate of drug-likeness (QED) is 0.501. The summed E-state index contributed by atoms with van der Waals surface area (Å²) in [5, 5.41) is 11.5. The molecule has 5 heteroatoms. The second-order valence-corrected chi connectivity index (χ2v) is 3.96. The van der Waals surface area contributed by atoms with Crippen molar-refractivity contribution >= 4 is 27.8 Å². The first-order valence-corrected chi connectivity index (χ1v) is 6.33. The molecule has 0 atom stereocenters. The average molecular weight is 280 g/mol. The second-order valence-electron chi connectivity index (χ2n) is 3.40. The molecule has 0 heterocycles. The standard InChI is InChI=1S/C10H18BrNO3/c11-8-9(13)12-7-5-3-1-2-4-6-10(14)15/h1-8H2,(H,12,13)(H,14,15). The molecule has 88 valence electrons. The van der Waals surface area contributed by atoms with Crippen LogP contribution < -0.4 is 5.32 Å². The molecular weight excluding hydrogens is 262 g/mol. The summed E-state index contributed by atoms with van der Waals surface area (Å²) in [6, 6.07) is 0. The number of carbonyl (C=O) groups excluding carboxylic acids is 1. The number of carboxylic acid groups (broad SMARTS) is 1. The molecule has 0 bridgehead atoms. The van der Waals surface area contributed by atoms with Crippen molar-refractivity contribution in [1.82, 2.24) is 5.32 Å². The Morgan fingerprint density at radius 3 is 2.27 bits per heavy atom. The number of unbranched alkanes of at least 4 members (excludes halogenated alkanes) is 4. The van der Waals surface area contributed by atoms with E-state index in [1.54, 1.807) is 0 Å². The highest BCUT2D eigenvalue weighted by Gasteiger charge is 1.97. The van der Waals surface area contributed by atoms with Crippen molar-refractivity contribution in [3.8, 4) is 0 Å². The van der Waals surface area contributed by atoms with Crippen LogP contribution >= 0.6 is 15.9 Å². The highest BCUT2D eigenvalue weighted by Crippen LogP contribution is 2.04. The predicted octanol–water partition coefficient (Wildman–Crippen LogP) is 1.92. The van der Waals surface area contributed by atoms with Gasteiger partial charge in [-0.3, -0.25) is 9.59 Å². The van der Waals surface area contributed by atoms with Gasteiger partial charge in [-0.05, 0) is 12.8 Å². The zero-order chi connectivity index (χ0) is 11.5. The Bertz CT molecular complexity index is 197. The topological polar surface area (TPSA) is 66.4 Å². The van der Waals surface area contributed by atoms with Crippen LogP contribution in [-0.2, 0) is 9.59 Å². The van der Waals surface area contributed by atoms with Crippen molar-refractivity contribution in [2.45, 2.75) is 38.5 Å². The van der Waals surface area contributed by atoms with Crippen molar-refractivity contribution in [3.63, 3.8) is 0 Å². The molecule has 4 nitrogen and oxygen atoms in total. The number of rotatable bonds is 9. The van der Waals surface area contributed by atoms with E-state index >= 15 is 0 Å². The zero-order valence-corrected chi connectivity index (χ0v) is 10.4. The van der Waals surface area contributed by atoms with Gasteiger partial charge in [-0.2, -0.15) is 0 Å². The van der Waals surface area contributed by atoms with E-state index in [1.807, 2.05) is 0 Å². The third-order valence-electron chi connectivity index (χ3n) is 2.01. The minimum atomic E-state index is -0.723. The molecule has 0 rings (SSSR count). The van der Waals surface area contributed by atoms with Crippen molar-refractivity contribution in [2.75, 3.05) is 11.9 Å². The molecule has 0 aromatic rings. The van der Waals surface area contributed by atoms with E-state index < -0.39 is 5.97 Å². The summed E-state index contributed by atoms with van der Waals surface area (Å²) < 4.78 is 0. The average Bonchev–Trinajstić information content (AvgIpc) is 2.21. The number of amides is 1. The summed E-state index contributed by atoms with van der Waals surface area (Å²) in [6.45, 7) is 0.712. The van der Waals surface area contributed by atoms with Gasteiger partial charge in [-0.1, -0.05) is 35.2 Å². The third-order valence-corrected chi connectivity index (χ3v) is 2.52. The highest BCUT2D eigenvalue weighted by molar-refractivity contribution is 9.09. The Morgan fingerprint density at radius 1 is 1.07 bits per heavy atom. The fraction of sp³-hybridized carbons (Fsp3) is 0.800. The van der Waals surface area contributed by atoms with Crippen LogP contribution in [0.5, 0.6) is 0 Å². The first-order valence-electron chi connectivity index (χ1n) is 5.21. The van der Waals surface area contributed by atoms with Crippen LogP contribution in [0.25, 0.3) is 0 Å². The van der Waals surface area contributed by atoms with Gasteiger partial charge >= 0.3 is 5.97 Å². The molecule has 0 spiro atoms. The van der Waals surface area contributed by atoms with Crippen LogP contribution in [0.1, 0.15) is 38.5 Å². The van der Waals surface area contributed by atoms with Crippen molar-refractivity contribution in [1.29, 1.82) is 0 Å². The van der Waals surface area contributed by atoms with Crippen molar-refractivity contribution in [2.24, 2.45) is 0 Å². The molecular formula is C10H18BrNO3. The molecule has 0 saturated carbocycles. The summed E-state index contributed by atoms with van der Waals surface area (Å²) in [7, 11) is 0. The van der Waals surface area contributed by atoms with E-state index in [4.69, 9.17) is 5.11 Å². The first kappa shape index (κ1) is 14.4. The molecule has 0 aliphatic rings. The lowest BCUT2D eigenvalue weighted by molar-refractivity contribution is -0.137. The Kier molecular flexibility index (Phi) is 9.57. The summed E-state index contributed by atoms with van der Waals surface area (Å²) in [6.07, 6.45) is 5.02. The lowest BCUT2D eigenvalue weighted by Gasteiger charge is -2.02. The van der Waals surface area contributed by atoms with E-state index in [-0.39, 0.29) is 12.3 Å². The van der Waals surface area contributed by atoms with Gasteiger partial charge in [-0.25, -0.2) is 0 Å². The van der Waals surface area contributed by atoms with Crippen LogP contribution in [0.2, 0.25) is 0 Å². The molecule has 0 aliphatic carbocycles. The van der Waals surface area contributed by atoms with E-state index in [2.05, 4.69) is 21.2 Å². The summed E-state index contributed by atoms with van der Waals surface area (Å²) >= 11 is 3.06. The van der Waals surface area contributed by atoms with E-state index in [0.717, 1.165) is 32.1 Å². The molecule has 0 aliphatic heterocycles. The molecule has 0 aromatic carbocycles. The van der Waals surface area contributed by atoms with Gasteiger partial charge in [0.1, 0.15) is 0 Å². The molecule has 0 saturated heterocycles. The lowest BCUT2D eigenvalue weighted by atomic mass is 10.1. The van der Waals surface area contributed by atoms with E-state index in [0.29, 0.717) is 11.9 Å². The highest BCUT2D eigenvalue weighted by atomic mass is 79.9. The van der Waals surface area contributed by atoms with Gasteiger partial charge in [0.05, 0.1) is 5.33 Å². The number of nitrogens with one attached hydrogen (secondary N) is 1. The summed E-state index contributed by atoms with van der Waals surface area (Å²) in [5.41, 5.74) is 0. The molecule has 0 aromatic heterocycles. The minimum absolute atomic E-state index is 0.0147. The van der Waals surface area contributed by atoms with Crippen LogP contribution in [0, 0.1) is 0 Å². The lowest BCUT2D eigenvalue weighted by Crippen LogP contribution is -2.25. The normalized spacial score (nSPS) is 9.93.